The molecule has 0 unspecified atom stereocenters. The average molecular weight is 505 g/mol. The number of carbonyl (C=O) groups is 3. The number of para-hydroxylation sites is 2. The summed E-state index contributed by atoms with van der Waals surface area (Å²) in [5, 5.41) is 6.45. The van der Waals surface area contributed by atoms with Crippen LogP contribution in [-0.2, 0) is 4.79 Å². The maximum absolute atomic E-state index is 12.6. The van der Waals surface area contributed by atoms with Crippen LogP contribution in [0.1, 0.15) is 21.0 Å². The Hall–Kier alpha value is -4.22. The van der Waals surface area contributed by atoms with Crippen molar-refractivity contribution in [2.24, 2.45) is 0 Å². The van der Waals surface area contributed by atoms with Gasteiger partial charge in [-0.25, -0.2) is 15.0 Å². The second-order valence-corrected chi connectivity index (χ2v) is 9.42. The highest BCUT2D eigenvalue weighted by atomic mass is 32.1. The van der Waals surface area contributed by atoms with E-state index in [9.17, 15) is 14.4 Å². The van der Waals surface area contributed by atoms with Crippen molar-refractivity contribution in [3.05, 3.63) is 78.1 Å². The Balaban J connectivity index is 0.000000527. The van der Waals surface area contributed by atoms with Gasteiger partial charge in [-0.05, 0) is 36.4 Å². The molecule has 3 amide bonds. The van der Waals surface area contributed by atoms with Gasteiger partial charge < -0.3 is 4.90 Å². The monoisotopic (exact) mass is 504 g/mol. The fourth-order valence-corrected chi connectivity index (χ4v) is 4.58. The summed E-state index contributed by atoms with van der Waals surface area (Å²) in [5.41, 5.74) is 1.89. The van der Waals surface area contributed by atoms with E-state index in [-0.39, 0.29) is 11.4 Å². The highest BCUT2D eigenvalue weighted by Gasteiger charge is 2.15. The molecule has 0 saturated carbocycles. The highest BCUT2D eigenvalue weighted by molar-refractivity contribution is 7.22. The number of anilines is 2. The van der Waals surface area contributed by atoms with E-state index < -0.39 is 11.8 Å². The lowest BCUT2D eigenvalue weighted by molar-refractivity contribution is -0.115. The summed E-state index contributed by atoms with van der Waals surface area (Å²) >= 11 is 2.75. The van der Waals surface area contributed by atoms with Crippen molar-refractivity contribution in [3.63, 3.8) is 0 Å². The molecule has 0 fully saturated rings. The molecular weight excluding hydrogens is 484 g/mol. The van der Waals surface area contributed by atoms with Crippen molar-refractivity contribution in [2.45, 2.75) is 0 Å². The van der Waals surface area contributed by atoms with Gasteiger partial charge in [-0.3, -0.25) is 25.0 Å². The molecule has 2 N–H and O–H groups in total. The summed E-state index contributed by atoms with van der Waals surface area (Å²) < 4.78 is 1.95. The fourth-order valence-electron chi connectivity index (χ4n) is 2.86. The minimum Gasteiger partial charge on any atom is -0.351 e. The van der Waals surface area contributed by atoms with Crippen molar-refractivity contribution in [1.82, 2.24) is 19.9 Å². The summed E-state index contributed by atoms with van der Waals surface area (Å²) in [6.45, 7) is 0. The van der Waals surface area contributed by atoms with Crippen LogP contribution in [-0.4, -0.2) is 52.2 Å². The molecule has 2 aromatic carbocycles. The van der Waals surface area contributed by atoms with E-state index in [2.05, 4.69) is 25.6 Å². The minimum atomic E-state index is -0.427. The molecule has 0 bridgehead atoms. The average Bonchev–Trinajstić information content (AvgIpc) is 3.47. The SMILES string of the molecule is CN(C)C=O.O=C(Nc1nc2ccccc2s1)c1cccc(C(=O)Nc2nc3ccccc3s2)n1. The summed E-state index contributed by atoms with van der Waals surface area (Å²) in [5.74, 6) is -0.854. The third-order valence-electron chi connectivity index (χ3n) is 4.45. The molecular formula is C24H20N6O3S2. The molecule has 5 rings (SSSR count). The van der Waals surface area contributed by atoms with Gasteiger partial charge in [0.2, 0.25) is 6.41 Å². The molecule has 3 heterocycles. The molecule has 0 aliphatic heterocycles. The number of carbonyl (C=O) groups excluding carboxylic acids is 3. The van der Waals surface area contributed by atoms with Crippen molar-refractivity contribution >= 4 is 71.6 Å². The summed E-state index contributed by atoms with van der Waals surface area (Å²) in [7, 11) is 3.38. The van der Waals surface area contributed by atoms with E-state index in [4.69, 9.17) is 0 Å². The van der Waals surface area contributed by atoms with Gasteiger partial charge in [0.15, 0.2) is 10.3 Å². The van der Waals surface area contributed by atoms with E-state index in [1.165, 1.54) is 27.6 Å². The summed E-state index contributed by atoms with van der Waals surface area (Å²) in [6, 6.07) is 20.0. The zero-order valence-corrected chi connectivity index (χ0v) is 20.4. The van der Waals surface area contributed by atoms with Gasteiger partial charge in [0.25, 0.3) is 11.8 Å². The minimum absolute atomic E-state index is 0.131. The third kappa shape index (κ3) is 6.02. The quantitative estimate of drug-likeness (QED) is 0.340. The second-order valence-electron chi connectivity index (χ2n) is 7.36. The summed E-state index contributed by atoms with van der Waals surface area (Å²) in [4.78, 5) is 49.0. The Morgan fingerprint density at radius 2 is 1.14 bits per heavy atom. The van der Waals surface area contributed by atoms with Crippen molar-refractivity contribution in [1.29, 1.82) is 0 Å². The van der Waals surface area contributed by atoms with Crippen molar-refractivity contribution in [2.75, 3.05) is 24.7 Å². The molecule has 3 aromatic heterocycles. The number of benzene rings is 2. The first kappa shape index (κ1) is 23.9. The molecule has 0 atom stereocenters. The van der Waals surface area contributed by atoms with Crippen LogP contribution in [0.25, 0.3) is 20.4 Å². The number of hydrogen-bond acceptors (Lipinski definition) is 8. The Kier molecular flexibility index (Phi) is 7.38. The Morgan fingerprint density at radius 3 is 1.54 bits per heavy atom. The van der Waals surface area contributed by atoms with Gasteiger partial charge in [0, 0.05) is 14.1 Å². The van der Waals surface area contributed by atoms with Crippen LogP contribution in [0.3, 0.4) is 0 Å². The maximum atomic E-state index is 12.6. The lowest BCUT2D eigenvalue weighted by Crippen LogP contribution is -2.18. The predicted octanol–water partition coefficient (Wildman–Crippen LogP) is 4.51. The Labute approximate surface area is 208 Å². The van der Waals surface area contributed by atoms with Gasteiger partial charge in [-0.15, -0.1) is 0 Å². The van der Waals surface area contributed by atoms with Gasteiger partial charge >= 0.3 is 0 Å². The smallest absolute Gasteiger partial charge is 0.276 e. The van der Waals surface area contributed by atoms with Crippen LogP contribution in [0.4, 0.5) is 10.3 Å². The molecule has 176 valence electrons. The topological polar surface area (TPSA) is 117 Å². The molecule has 0 saturated heterocycles. The highest BCUT2D eigenvalue weighted by Crippen LogP contribution is 2.26. The number of rotatable bonds is 5. The largest absolute Gasteiger partial charge is 0.351 e. The summed E-state index contributed by atoms with van der Waals surface area (Å²) in [6.07, 6.45) is 0.750. The van der Waals surface area contributed by atoms with Crippen LogP contribution in [0.2, 0.25) is 0 Å². The zero-order chi connectivity index (χ0) is 24.8. The van der Waals surface area contributed by atoms with Gasteiger partial charge in [-0.1, -0.05) is 53.0 Å². The van der Waals surface area contributed by atoms with E-state index >= 15 is 0 Å². The number of hydrogen-bond donors (Lipinski definition) is 2. The molecule has 5 aromatic rings. The lowest BCUT2D eigenvalue weighted by Gasteiger charge is -2.04. The van der Waals surface area contributed by atoms with Gasteiger partial charge in [-0.2, -0.15) is 0 Å². The first-order chi connectivity index (χ1) is 16.9. The van der Waals surface area contributed by atoms with Crippen molar-refractivity contribution in [3.8, 4) is 0 Å². The van der Waals surface area contributed by atoms with Gasteiger partial charge in [0.1, 0.15) is 11.4 Å². The predicted molar refractivity (Wildman–Crippen MR) is 139 cm³/mol. The van der Waals surface area contributed by atoms with Crippen LogP contribution in [0.15, 0.2) is 66.7 Å². The second kappa shape index (κ2) is 10.8. The molecule has 0 aliphatic rings. The first-order valence-corrected chi connectivity index (χ1v) is 12.0. The molecule has 35 heavy (non-hydrogen) atoms. The van der Waals surface area contributed by atoms with Crippen LogP contribution in [0.5, 0.6) is 0 Å². The van der Waals surface area contributed by atoms with Crippen molar-refractivity contribution < 1.29 is 14.4 Å². The van der Waals surface area contributed by atoms with E-state index in [1.807, 2.05) is 48.5 Å². The standard InChI is InChI=1S/C21H13N5O2S2.C3H7NO/c27-18(25-20-23-12-6-1-3-10-16(12)29-20)14-8-5-9-15(22-14)19(28)26-21-24-13-7-2-4-11-17(13)30-21;1-4(2)3-5/h1-11H,(H,23,25,27)(H,24,26,28);3H,1-2H3. The van der Waals surface area contributed by atoms with E-state index in [0.717, 1.165) is 26.8 Å². The first-order valence-electron chi connectivity index (χ1n) is 10.4. The number of amides is 3. The third-order valence-corrected chi connectivity index (χ3v) is 6.36. The fraction of sp³-hybridized carbons (Fsp3) is 0.0833. The molecule has 0 radical (unpaired) electrons. The number of nitrogens with zero attached hydrogens (tertiary/aromatic N) is 4. The number of fused-ring (bicyclic) bond motifs is 2. The Morgan fingerprint density at radius 1 is 0.714 bits per heavy atom. The number of thiazole rings is 2. The van der Waals surface area contributed by atoms with E-state index in [1.54, 1.807) is 32.3 Å². The van der Waals surface area contributed by atoms with Crippen LogP contribution >= 0.6 is 22.7 Å². The molecule has 11 heteroatoms. The normalized spacial score (nSPS) is 10.3. The molecule has 0 spiro atoms. The van der Waals surface area contributed by atoms with Gasteiger partial charge in [0.05, 0.1) is 20.4 Å². The van der Waals surface area contributed by atoms with Crippen LogP contribution < -0.4 is 10.6 Å². The van der Waals surface area contributed by atoms with Crippen LogP contribution in [0, 0.1) is 0 Å². The molecule has 9 nitrogen and oxygen atoms in total. The lowest BCUT2D eigenvalue weighted by atomic mass is 10.3. The zero-order valence-electron chi connectivity index (χ0n) is 18.8. The maximum Gasteiger partial charge on any atom is 0.276 e. The van der Waals surface area contributed by atoms with E-state index in [0.29, 0.717) is 10.3 Å². The molecule has 0 aliphatic carbocycles. The Bertz CT molecular complexity index is 1340. The number of nitrogens with one attached hydrogen (secondary N) is 2. The number of aromatic nitrogens is 3. The number of pyridine rings is 1.